The van der Waals surface area contributed by atoms with Gasteiger partial charge in [-0.15, -0.1) is 0 Å². The lowest BCUT2D eigenvalue weighted by molar-refractivity contribution is -0.133. The number of likely N-dealkylation sites (tertiary alicyclic amines) is 1. The molecule has 1 aliphatic heterocycles. The van der Waals surface area contributed by atoms with Gasteiger partial charge in [0.2, 0.25) is 0 Å². The Morgan fingerprint density at radius 1 is 1.06 bits per heavy atom. The lowest BCUT2D eigenvalue weighted by Crippen LogP contribution is -2.53. The zero-order valence-corrected chi connectivity index (χ0v) is 19.3. The maximum atomic E-state index is 13.1. The zero-order chi connectivity index (χ0) is 23.0. The molecule has 0 unspecified atom stereocenters. The van der Waals surface area contributed by atoms with E-state index in [2.05, 4.69) is 6.92 Å². The predicted molar refractivity (Wildman–Crippen MR) is 118 cm³/mol. The highest BCUT2D eigenvalue weighted by molar-refractivity contribution is 5.93. The van der Waals surface area contributed by atoms with Crippen molar-refractivity contribution in [3.05, 3.63) is 24.3 Å². The van der Waals surface area contributed by atoms with Gasteiger partial charge in [-0.25, -0.2) is 4.79 Å². The number of ketones is 2. The molecule has 0 N–H and O–H groups in total. The molecular formula is C25H33NO6. The van der Waals surface area contributed by atoms with Crippen LogP contribution in [0.2, 0.25) is 0 Å². The van der Waals surface area contributed by atoms with Gasteiger partial charge in [-0.3, -0.25) is 9.59 Å². The topological polar surface area (TPSA) is 82.1 Å². The molecule has 7 nitrogen and oxygen atoms in total. The number of carbonyl (C=O) groups is 3. The van der Waals surface area contributed by atoms with Crippen LogP contribution >= 0.6 is 0 Å². The number of Topliss-reactive ketones (excluding diaryl/α,β-unsaturated/α-hetero) is 2. The average molecular weight is 444 g/mol. The minimum absolute atomic E-state index is 0.106. The number of hydrogen-bond donors (Lipinski definition) is 0. The lowest BCUT2D eigenvalue weighted by atomic mass is 9.56. The van der Waals surface area contributed by atoms with Crippen LogP contribution in [-0.2, 0) is 14.3 Å². The minimum atomic E-state index is -0.522. The largest absolute Gasteiger partial charge is 0.497 e. The summed E-state index contributed by atoms with van der Waals surface area (Å²) in [5, 5.41) is 0. The Kier molecular flexibility index (Phi) is 6.19. The molecule has 0 radical (unpaired) electrons. The number of hydrogen-bond acceptors (Lipinski definition) is 6. The van der Waals surface area contributed by atoms with Gasteiger partial charge in [0.25, 0.3) is 0 Å². The Morgan fingerprint density at radius 2 is 1.69 bits per heavy atom. The molecule has 2 saturated carbocycles. The molecule has 4 rings (SSSR count). The second kappa shape index (κ2) is 8.75. The third-order valence-electron chi connectivity index (χ3n) is 8.22. The zero-order valence-electron chi connectivity index (χ0n) is 19.3. The van der Waals surface area contributed by atoms with E-state index < -0.39 is 11.5 Å². The van der Waals surface area contributed by atoms with Crippen LogP contribution in [0.3, 0.4) is 0 Å². The highest BCUT2D eigenvalue weighted by Crippen LogP contribution is 2.58. The Balaban J connectivity index is 1.55. The van der Waals surface area contributed by atoms with E-state index in [4.69, 9.17) is 14.2 Å². The molecule has 0 bridgehead atoms. The number of benzene rings is 1. The molecule has 2 aliphatic carbocycles. The summed E-state index contributed by atoms with van der Waals surface area (Å²) in [6.45, 7) is 5.05. The molecule has 1 aromatic rings. The Hall–Kier alpha value is -2.57. The van der Waals surface area contributed by atoms with Crippen LogP contribution in [0, 0.1) is 29.1 Å². The molecule has 1 aromatic carbocycles. The van der Waals surface area contributed by atoms with E-state index in [0.29, 0.717) is 19.6 Å². The summed E-state index contributed by atoms with van der Waals surface area (Å²) in [5.41, 5.74) is -0.522. The summed E-state index contributed by atoms with van der Waals surface area (Å²) >= 11 is 0. The van der Waals surface area contributed by atoms with Crippen molar-refractivity contribution in [2.24, 2.45) is 29.1 Å². The Morgan fingerprint density at radius 3 is 2.31 bits per heavy atom. The van der Waals surface area contributed by atoms with Crippen molar-refractivity contribution in [3.63, 3.8) is 0 Å². The maximum absolute atomic E-state index is 13.1. The molecule has 1 heterocycles. The molecular weight excluding hydrogens is 410 g/mol. The normalized spacial score (nSPS) is 32.7. The third-order valence-corrected chi connectivity index (χ3v) is 8.22. The van der Waals surface area contributed by atoms with Crippen molar-refractivity contribution in [1.82, 2.24) is 4.90 Å². The van der Waals surface area contributed by atoms with Crippen molar-refractivity contribution in [2.45, 2.75) is 45.6 Å². The van der Waals surface area contributed by atoms with Crippen LogP contribution in [0.1, 0.15) is 39.5 Å². The number of ether oxygens (including phenoxy) is 3. The van der Waals surface area contributed by atoms with Crippen LogP contribution in [0.4, 0.5) is 4.79 Å². The molecule has 0 aromatic heterocycles. The van der Waals surface area contributed by atoms with Gasteiger partial charge < -0.3 is 19.1 Å². The van der Waals surface area contributed by atoms with Crippen LogP contribution in [0.25, 0.3) is 0 Å². The molecule has 3 aliphatic rings. The first-order chi connectivity index (χ1) is 15.3. The fourth-order valence-electron chi connectivity index (χ4n) is 6.23. The van der Waals surface area contributed by atoms with Gasteiger partial charge >= 0.3 is 6.09 Å². The molecule has 7 heteroatoms. The molecule has 3 fully saturated rings. The maximum Gasteiger partial charge on any atom is 0.409 e. The monoisotopic (exact) mass is 443 g/mol. The van der Waals surface area contributed by atoms with E-state index in [1.807, 2.05) is 31.2 Å². The number of nitrogens with zero attached hydrogens (tertiary/aromatic N) is 1. The third kappa shape index (κ3) is 3.76. The first-order valence-electron chi connectivity index (χ1n) is 11.5. The molecule has 1 saturated heterocycles. The number of methoxy groups -OCH3 is 2. The lowest BCUT2D eigenvalue weighted by Gasteiger charge is -2.49. The highest BCUT2D eigenvalue weighted by atomic mass is 16.5. The van der Waals surface area contributed by atoms with Crippen molar-refractivity contribution in [3.8, 4) is 11.5 Å². The number of rotatable bonds is 5. The van der Waals surface area contributed by atoms with Crippen LogP contribution in [0.5, 0.6) is 11.5 Å². The van der Waals surface area contributed by atoms with Crippen LogP contribution in [-0.4, -0.2) is 56.0 Å². The van der Waals surface area contributed by atoms with Gasteiger partial charge in [-0.1, -0.05) is 13.8 Å². The fraction of sp³-hybridized carbons (Fsp3) is 0.640. The second-order valence-electron chi connectivity index (χ2n) is 9.74. The van der Waals surface area contributed by atoms with E-state index >= 15 is 0 Å². The summed E-state index contributed by atoms with van der Waals surface area (Å²) < 4.78 is 16.3. The van der Waals surface area contributed by atoms with Crippen molar-refractivity contribution < 1.29 is 28.6 Å². The van der Waals surface area contributed by atoms with Crippen molar-refractivity contribution in [2.75, 3.05) is 27.4 Å². The van der Waals surface area contributed by atoms with E-state index in [1.165, 1.54) is 7.11 Å². The van der Waals surface area contributed by atoms with Gasteiger partial charge in [0.05, 0.1) is 20.8 Å². The van der Waals surface area contributed by atoms with Gasteiger partial charge in [0.15, 0.2) is 0 Å². The first-order valence-corrected chi connectivity index (χ1v) is 11.5. The van der Waals surface area contributed by atoms with E-state index in [0.717, 1.165) is 24.3 Å². The van der Waals surface area contributed by atoms with Crippen molar-refractivity contribution >= 4 is 17.7 Å². The smallest absolute Gasteiger partial charge is 0.409 e. The summed E-state index contributed by atoms with van der Waals surface area (Å²) in [4.78, 5) is 40.3. The predicted octanol–water partition coefficient (Wildman–Crippen LogP) is 3.74. The standard InChI is InChI=1S/C25H33NO6/c1-15(14-32-18-7-5-17(30-3)6-8-18)16-11-19-21(27)9-10-22(28)20-13-26(24(29)31-4)23(12-16)25(19,20)2/h5-8,15-16,19-20,23H,9-14H2,1-4H3/t15-,16-,19-,20-,23-,25-/m1/s1. The van der Waals surface area contributed by atoms with Gasteiger partial charge in [0, 0.05) is 42.7 Å². The van der Waals surface area contributed by atoms with Gasteiger partial charge in [-0.05, 0) is 48.9 Å². The Labute approximate surface area is 189 Å². The van der Waals surface area contributed by atoms with Gasteiger partial charge in [-0.2, -0.15) is 0 Å². The summed E-state index contributed by atoms with van der Waals surface area (Å²) in [7, 11) is 3.00. The summed E-state index contributed by atoms with van der Waals surface area (Å²) in [6, 6.07) is 7.30. The fourth-order valence-corrected chi connectivity index (χ4v) is 6.23. The quantitative estimate of drug-likeness (QED) is 0.690. The first kappa shape index (κ1) is 22.6. The molecule has 6 atom stereocenters. The number of amides is 1. The molecule has 1 amide bonds. The summed E-state index contributed by atoms with van der Waals surface area (Å²) in [6.07, 6.45) is 1.65. The average Bonchev–Trinajstić information content (AvgIpc) is 3.08. The number of carbonyl (C=O) groups excluding carboxylic acids is 3. The second-order valence-corrected chi connectivity index (χ2v) is 9.74. The van der Waals surface area contributed by atoms with Crippen LogP contribution in [0.15, 0.2) is 24.3 Å². The Bertz CT molecular complexity index is 883. The van der Waals surface area contributed by atoms with E-state index in [1.54, 1.807) is 12.0 Å². The molecule has 174 valence electrons. The van der Waals surface area contributed by atoms with E-state index in [-0.39, 0.29) is 47.7 Å². The minimum Gasteiger partial charge on any atom is -0.497 e. The highest BCUT2D eigenvalue weighted by Gasteiger charge is 2.64. The van der Waals surface area contributed by atoms with E-state index in [9.17, 15) is 14.4 Å². The van der Waals surface area contributed by atoms with Gasteiger partial charge in [0.1, 0.15) is 23.1 Å². The molecule has 0 spiro atoms. The molecule has 32 heavy (non-hydrogen) atoms. The van der Waals surface area contributed by atoms with Crippen LogP contribution < -0.4 is 9.47 Å². The SMILES string of the molecule is COC(=O)N1C[C@@H]2C(=O)CCC(=O)[C@H]3C[C@@H]([C@H](C)COc4ccc(OC)cc4)C[C@@H]1[C@]32C. The van der Waals surface area contributed by atoms with Crippen molar-refractivity contribution in [1.29, 1.82) is 0 Å². The summed E-state index contributed by atoms with van der Waals surface area (Å²) in [5.74, 6) is 1.69.